The van der Waals surface area contributed by atoms with Crippen LogP contribution in [0.15, 0.2) is 71.3 Å². The van der Waals surface area contributed by atoms with Crippen LogP contribution in [0.2, 0.25) is 0 Å². The molecular weight excluding hydrogens is 387 g/mol. The van der Waals surface area contributed by atoms with Crippen LogP contribution < -0.4 is 0 Å². The van der Waals surface area contributed by atoms with Gasteiger partial charge in [0.2, 0.25) is 5.71 Å². The molecule has 0 aliphatic carbocycles. The Bertz CT molecular complexity index is 1420. The minimum Gasteiger partial charge on any atom is -0.437 e. The predicted molar refractivity (Wildman–Crippen MR) is 123 cm³/mol. The Morgan fingerprint density at radius 3 is 2.61 bits per heavy atom. The van der Waals surface area contributed by atoms with E-state index < -0.39 is 0 Å². The van der Waals surface area contributed by atoms with E-state index in [0.29, 0.717) is 18.1 Å². The summed E-state index contributed by atoms with van der Waals surface area (Å²) < 4.78 is 20.4. The number of para-hydroxylation sites is 1. The highest BCUT2D eigenvalue weighted by Gasteiger charge is 2.15. The highest BCUT2D eigenvalue weighted by atomic mass is 19.1. The van der Waals surface area contributed by atoms with Gasteiger partial charge in [-0.3, -0.25) is 4.98 Å². The van der Waals surface area contributed by atoms with E-state index in [9.17, 15) is 4.39 Å². The zero-order valence-electron chi connectivity index (χ0n) is 17.8. The number of pyridine rings is 2. The Labute approximate surface area is 180 Å². The van der Waals surface area contributed by atoms with Crippen LogP contribution in [-0.2, 0) is 6.42 Å². The molecule has 3 heterocycles. The van der Waals surface area contributed by atoms with E-state index in [-0.39, 0.29) is 5.82 Å². The van der Waals surface area contributed by atoms with Crippen molar-refractivity contribution in [1.29, 1.82) is 0 Å². The monoisotopic (exact) mass is 410 g/mol. The average Bonchev–Trinajstić information content (AvgIpc) is 3.12. The zero-order valence-corrected chi connectivity index (χ0v) is 17.8. The Hall–Kier alpha value is -3.53. The molecule has 0 unspecified atom stereocenters. The molecule has 154 valence electrons. The number of fused-ring (bicyclic) bond motifs is 3. The normalized spacial score (nSPS) is 11.6. The van der Waals surface area contributed by atoms with Gasteiger partial charge in [0.1, 0.15) is 11.4 Å². The average molecular weight is 410 g/mol. The van der Waals surface area contributed by atoms with Gasteiger partial charge >= 0.3 is 0 Å². The molecule has 3 nitrogen and oxygen atoms in total. The summed E-state index contributed by atoms with van der Waals surface area (Å²) in [5.74, 6) is 0.238. The highest BCUT2D eigenvalue weighted by Crippen LogP contribution is 2.35. The Kier molecular flexibility index (Phi) is 4.78. The van der Waals surface area contributed by atoms with Crippen molar-refractivity contribution in [2.24, 2.45) is 5.92 Å². The molecule has 0 aliphatic heterocycles. The SMILES string of the molecule is Cc1ccc2c(n1)oc1c(-c3cc(-c4ccc(F)c(CC(C)C)c4)ccn3)cccc12. The third-order valence-corrected chi connectivity index (χ3v) is 5.55. The summed E-state index contributed by atoms with van der Waals surface area (Å²) in [6, 6.07) is 19.4. The molecular formula is C27H23FN2O. The van der Waals surface area contributed by atoms with Gasteiger partial charge in [-0.2, -0.15) is 0 Å². The number of aryl methyl sites for hydroxylation is 1. The summed E-state index contributed by atoms with van der Waals surface area (Å²) >= 11 is 0. The summed E-state index contributed by atoms with van der Waals surface area (Å²) in [5.41, 5.74) is 6.78. The second kappa shape index (κ2) is 7.62. The molecule has 0 fully saturated rings. The van der Waals surface area contributed by atoms with Gasteiger partial charge < -0.3 is 4.42 Å². The van der Waals surface area contributed by atoms with Crippen molar-refractivity contribution in [3.63, 3.8) is 0 Å². The zero-order chi connectivity index (χ0) is 21.5. The first kappa shape index (κ1) is 19.4. The number of aromatic nitrogens is 2. The second-order valence-corrected chi connectivity index (χ2v) is 8.42. The summed E-state index contributed by atoms with van der Waals surface area (Å²) in [4.78, 5) is 9.14. The fourth-order valence-corrected chi connectivity index (χ4v) is 4.08. The molecule has 3 aromatic heterocycles. The molecule has 0 radical (unpaired) electrons. The molecule has 5 rings (SSSR count). The molecule has 0 bridgehead atoms. The number of hydrogen-bond acceptors (Lipinski definition) is 3. The van der Waals surface area contributed by atoms with Crippen LogP contribution >= 0.6 is 0 Å². The molecule has 0 saturated carbocycles. The van der Waals surface area contributed by atoms with Crippen molar-refractivity contribution >= 4 is 22.1 Å². The topological polar surface area (TPSA) is 38.9 Å². The quantitative estimate of drug-likeness (QED) is 0.311. The van der Waals surface area contributed by atoms with Gasteiger partial charge in [0.15, 0.2) is 0 Å². The van der Waals surface area contributed by atoms with Crippen LogP contribution in [0, 0.1) is 18.7 Å². The largest absolute Gasteiger partial charge is 0.437 e. The first-order valence-corrected chi connectivity index (χ1v) is 10.5. The van der Waals surface area contributed by atoms with Gasteiger partial charge in [0.05, 0.1) is 5.69 Å². The maximum atomic E-state index is 14.3. The van der Waals surface area contributed by atoms with Crippen LogP contribution in [0.25, 0.3) is 44.5 Å². The highest BCUT2D eigenvalue weighted by molar-refractivity contribution is 6.08. The predicted octanol–water partition coefficient (Wildman–Crippen LogP) is 7.36. The fraction of sp³-hybridized carbons (Fsp3) is 0.185. The van der Waals surface area contributed by atoms with Crippen LogP contribution in [0.5, 0.6) is 0 Å². The maximum Gasteiger partial charge on any atom is 0.227 e. The lowest BCUT2D eigenvalue weighted by Gasteiger charge is -2.10. The van der Waals surface area contributed by atoms with Gasteiger partial charge in [0, 0.05) is 28.2 Å². The van der Waals surface area contributed by atoms with Crippen LogP contribution in [-0.4, -0.2) is 9.97 Å². The summed E-state index contributed by atoms with van der Waals surface area (Å²) in [7, 11) is 0. The molecule has 0 spiro atoms. The number of nitrogens with zero attached hydrogens (tertiary/aromatic N) is 2. The molecule has 2 aromatic carbocycles. The first-order chi connectivity index (χ1) is 15.0. The van der Waals surface area contributed by atoms with Gasteiger partial charge in [-0.25, -0.2) is 9.37 Å². The summed E-state index contributed by atoms with van der Waals surface area (Å²) in [6.07, 6.45) is 2.50. The van der Waals surface area contributed by atoms with E-state index >= 15 is 0 Å². The molecule has 4 heteroatoms. The Morgan fingerprint density at radius 2 is 1.77 bits per heavy atom. The molecule has 0 saturated heterocycles. The number of hydrogen-bond donors (Lipinski definition) is 0. The van der Waals surface area contributed by atoms with E-state index in [1.807, 2.05) is 61.5 Å². The van der Waals surface area contributed by atoms with E-state index in [4.69, 9.17) is 4.42 Å². The van der Waals surface area contributed by atoms with Crippen LogP contribution in [0.1, 0.15) is 25.1 Å². The van der Waals surface area contributed by atoms with Crippen molar-refractivity contribution in [3.05, 3.63) is 83.9 Å². The van der Waals surface area contributed by atoms with Gasteiger partial charge in [-0.15, -0.1) is 0 Å². The minimum atomic E-state index is -0.151. The Morgan fingerprint density at radius 1 is 0.935 bits per heavy atom. The van der Waals surface area contributed by atoms with Gasteiger partial charge in [-0.1, -0.05) is 32.0 Å². The van der Waals surface area contributed by atoms with Crippen molar-refractivity contribution < 1.29 is 8.81 Å². The van der Waals surface area contributed by atoms with Crippen molar-refractivity contribution in [2.75, 3.05) is 0 Å². The van der Waals surface area contributed by atoms with Gasteiger partial charge in [-0.05, 0) is 78.4 Å². The molecule has 0 atom stereocenters. The van der Waals surface area contributed by atoms with Crippen LogP contribution in [0.3, 0.4) is 0 Å². The van der Waals surface area contributed by atoms with E-state index in [1.54, 1.807) is 12.3 Å². The maximum absolute atomic E-state index is 14.3. The number of halogens is 1. The van der Waals surface area contributed by atoms with Crippen molar-refractivity contribution in [1.82, 2.24) is 9.97 Å². The minimum absolute atomic E-state index is 0.151. The summed E-state index contributed by atoms with van der Waals surface area (Å²) in [6.45, 7) is 6.15. The van der Waals surface area contributed by atoms with Crippen molar-refractivity contribution in [2.45, 2.75) is 27.2 Å². The van der Waals surface area contributed by atoms with Crippen LogP contribution in [0.4, 0.5) is 4.39 Å². The molecule has 0 aliphatic rings. The second-order valence-electron chi connectivity index (χ2n) is 8.42. The number of benzene rings is 2. The number of furan rings is 1. The lowest BCUT2D eigenvalue weighted by atomic mass is 9.97. The van der Waals surface area contributed by atoms with E-state index in [1.165, 1.54) is 0 Å². The number of rotatable bonds is 4. The first-order valence-electron chi connectivity index (χ1n) is 10.5. The standard InChI is InChI=1S/C27H23FN2O/c1-16(2)13-20-14-18(8-10-24(20)28)19-11-12-29-25(15-19)23-6-4-5-21-22-9-7-17(3)30-27(22)31-26(21)23/h4-12,14-16H,13H2,1-3H3. The lowest BCUT2D eigenvalue weighted by molar-refractivity contribution is 0.574. The third-order valence-electron chi connectivity index (χ3n) is 5.55. The van der Waals surface area contributed by atoms with E-state index in [2.05, 4.69) is 23.8 Å². The molecule has 5 aromatic rings. The molecule has 0 N–H and O–H groups in total. The third kappa shape index (κ3) is 3.59. The smallest absolute Gasteiger partial charge is 0.227 e. The van der Waals surface area contributed by atoms with Crippen molar-refractivity contribution in [3.8, 4) is 22.4 Å². The van der Waals surface area contributed by atoms with E-state index in [0.717, 1.165) is 50.0 Å². The molecule has 0 amide bonds. The fourth-order valence-electron chi connectivity index (χ4n) is 4.08. The molecule has 31 heavy (non-hydrogen) atoms. The Balaban J connectivity index is 1.63. The van der Waals surface area contributed by atoms with Gasteiger partial charge in [0.25, 0.3) is 0 Å². The summed E-state index contributed by atoms with van der Waals surface area (Å²) in [5, 5.41) is 2.02. The lowest BCUT2D eigenvalue weighted by Crippen LogP contribution is -1.98.